The van der Waals surface area contributed by atoms with Crippen molar-refractivity contribution >= 4 is 11.6 Å². The normalized spacial score (nSPS) is 9.80. The van der Waals surface area contributed by atoms with E-state index in [-0.39, 0.29) is 5.75 Å². The van der Waals surface area contributed by atoms with Crippen LogP contribution in [0.5, 0.6) is 5.75 Å². The van der Waals surface area contributed by atoms with Crippen molar-refractivity contribution in [2.45, 2.75) is 6.61 Å². The number of anilines is 1. The Morgan fingerprint density at radius 2 is 2.27 bits per heavy atom. The number of benzene rings is 1. The molecule has 15 heavy (non-hydrogen) atoms. The monoisotopic (exact) mass is 213 g/mol. The Balaban J connectivity index is 2.73. The van der Waals surface area contributed by atoms with Crippen molar-refractivity contribution in [3.05, 3.63) is 36.9 Å². The van der Waals surface area contributed by atoms with Gasteiger partial charge in [0.1, 0.15) is 5.75 Å². The molecule has 80 valence electrons. The molecule has 0 aromatic heterocycles. The van der Waals surface area contributed by atoms with E-state index in [0.29, 0.717) is 5.69 Å². The van der Waals surface area contributed by atoms with Crippen molar-refractivity contribution in [3.8, 4) is 5.75 Å². The van der Waals surface area contributed by atoms with Gasteiger partial charge in [-0.15, -0.1) is 0 Å². The fourth-order valence-electron chi connectivity index (χ4n) is 0.943. The van der Waals surface area contributed by atoms with Crippen LogP contribution in [0.3, 0.4) is 0 Å². The number of ether oxygens (including phenoxy) is 1. The Morgan fingerprint density at radius 1 is 1.53 bits per heavy atom. The molecule has 1 aromatic carbocycles. The number of alkyl halides is 2. The summed E-state index contributed by atoms with van der Waals surface area (Å²) in [6, 6.07) is 5.72. The summed E-state index contributed by atoms with van der Waals surface area (Å²) in [4.78, 5) is 10.9. The van der Waals surface area contributed by atoms with Crippen molar-refractivity contribution in [1.29, 1.82) is 0 Å². The number of rotatable bonds is 4. The largest absolute Gasteiger partial charge is 0.435 e. The highest BCUT2D eigenvalue weighted by Crippen LogP contribution is 2.19. The lowest BCUT2D eigenvalue weighted by atomic mass is 10.3. The van der Waals surface area contributed by atoms with Crippen LogP contribution in [0.2, 0.25) is 0 Å². The predicted octanol–water partition coefficient (Wildman–Crippen LogP) is 2.41. The molecule has 0 unspecified atom stereocenters. The van der Waals surface area contributed by atoms with Crippen molar-refractivity contribution in [2.24, 2.45) is 0 Å². The van der Waals surface area contributed by atoms with Crippen LogP contribution in [0.4, 0.5) is 14.5 Å². The summed E-state index contributed by atoms with van der Waals surface area (Å²) >= 11 is 0. The van der Waals surface area contributed by atoms with Gasteiger partial charge in [-0.1, -0.05) is 12.6 Å². The number of carbonyl (C=O) groups excluding carboxylic acids is 1. The lowest BCUT2D eigenvalue weighted by Crippen LogP contribution is -2.08. The Morgan fingerprint density at radius 3 is 2.87 bits per heavy atom. The van der Waals surface area contributed by atoms with Gasteiger partial charge < -0.3 is 10.1 Å². The summed E-state index contributed by atoms with van der Waals surface area (Å²) in [6.07, 6.45) is 1.08. The topological polar surface area (TPSA) is 38.3 Å². The van der Waals surface area contributed by atoms with Crippen LogP contribution in [-0.2, 0) is 4.79 Å². The van der Waals surface area contributed by atoms with Gasteiger partial charge in [-0.2, -0.15) is 8.78 Å². The quantitative estimate of drug-likeness (QED) is 0.780. The third kappa shape index (κ3) is 3.76. The summed E-state index contributed by atoms with van der Waals surface area (Å²) in [5.74, 6) is -0.420. The molecule has 1 N–H and O–H groups in total. The minimum Gasteiger partial charge on any atom is -0.435 e. The fraction of sp³-hybridized carbons (Fsp3) is 0.100. The van der Waals surface area contributed by atoms with E-state index in [9.17, 15) is 13.6 Å². The standard InChI is InChI=1S/C10H9F2NO2/c1-2-9(14)13-7-4-3-5-8(6-7)15-10(11)12/h2-6,10H,1H2,(H,13,14). The molecular formula is C10H9F2NO2. The van der Waals surface area contributed by atoms with E-state index in [2.05, 4.69) is 16.6 Å². The van der Waals surface area contributed by atoms with Gasteiger partial charge in [0, 0.05) is 11.8 Å². The van der Waals surface area contributed by atoms with Crippen LogP contribution in [-0.4, -0.2) is 12.5 Å². The third-order valence-electron chi connectivity index (χ3n) is 1.51. The van der Waals surface area contributed by atoms with Crippen LogP contribution in [0, 0.1) is 0 Å². The van der Waals surface area contributed by atoms with Gasteiger partial charge in [-0.3, -0.25) is 4.79 Å². The summed E-state index contributed by atoms with van der Waals surface area (Å²) < 4.78 is 27.9. The van der Waals surface area contributed by atoms with E-state index in [0.717, 1.165) is 6.08 Å². The number of carbonyl (C=O) groups is 1. The van der Waals surface area contributed by atoms with Gasteiger partial charge in [-0.25, -0.2) is 0 Å². The molecule has 0 saturated heterocycles. The Hall–Kier alpha value is -1.91. The molecule has 0 atom stereocenters. The maximum Gasteiger partial charge on any atom is 0.387 e. The summed E-state index contributed by atoms with van der Waals surface area (Å²) in [6.45, 7) is 0.385. The van der Waals surface area contributed by atoms with Gasteiger partial charge in [-0.05, 0) is 18.2 Å². The molecule has 0 bridgehead atoms. The zero-order chi connectivity index (χ0) is 11.3. The molecule has 0 aliphatic rings. The zero-order valence-electron chi connectivity index (χ0n) is 7.74. The van der Waals surface area contributed by atoms with E-state index < -0.39 is 12.5 Å². The maximum absolute atomic E-state index is 11.9. The first-order valence-electron chi connectivity index (χ1n) is 4.10. The average molecular weight is 213 g/mol. The van der Waals surface area contributed by atoms with E-state index in [4.69, 9.17) is 0 Å². The van der Waals surface area contributed by atoms with E-state index in [1.54, 1.807) is 6.07 Å². The summed E-state index contributed by atoms with van der Waals surface area (Å²) in [5, 5.41) is 2.42. The predicted molar refractivity (Wildman–Crippen MR) is 51.9 cm³/mol. The van der Waals surface area contributed by atoms with Crippen molar-refractivity contribution < 1.29 is 18.3 Å². The first-order valence-corrected chi connectivity index (χ1v) is 4.10. The molecule has 3 nitrogen and oxygen atoms in total. The molecule has 0 aliphatic carbocycles. The van der Waals surface area contributed by atoms with E-state index >= 15 is 0 Å². The third-order valence-corrected chi connectivity index (χ3v) is 1.51. The van der Waals surface area contributed by atoms with Crippen LogP contribution in [0.25, 0.3) is 0 Å². The Labute approximate surface area is 85.4 Å². The highest BCUT2D eigenvalue weighted by atomic mass is 19.3. The number of hydrogen-bond donors (Lipinski definition) is 1. The molecule has 0 aliphatic heterocycles. The van der Waals surface area contributed by atoms with E-state index in [1.807, 2.05) is 0 Å². The van der Waals surface area contributed by atoms with Crippen molar-refractivity contribution in [2.75, 3.05) is 5.32 Å². The van der Waals surface area contributed by atoms with Crippen LogP contribution >= 0.6 is 0 Å². The number of hydrogen-bond acceptors (Lipinski definition) is 2. The molecule has 0 saturated carbocycles. The van der Waals surface area contributed by atoms with Crippen molar-refractivity contribution in [1.82, 2.24) is 0 Å². The maximum atomic E-state index is 11.9. The minimum atomic E-state index is -2.88. The van der Waals surface area contributed by atoms with Gasteiger partial charge in [0.15, 0.2) is 0 Å². The second-order valence-corrected chi connectivity index (χ2v) is 2.60. The number of halogens is 2. The fourth-order valence-corrected chi connectivity index (χ4v) is 0.943. The number of nitrogens with one attached hydrogen (secondary N) is 1. The molecule has 1 amide bonds. The minimum absolute atomic E-state index is 0.00753. The SMILES string of the molecule is C=CC(=O)Nc1cccc(OC(F)F)c1. The van der Waals surface area contributed by atoms with Crippen LogP contribution in [0.15, 0.2) is 36.9 Å². The molecular weight excluding hydrogens is 204 g/mol. The molecule has 0 heterocycles. The van der Waals surface area contributed by atoms with Crippen LogP contribution in [0.1, 0.15) is 0 Å². The number of amides is 1. The first kappa shape index (κ1) is 11.2. The average Bonchev–Trinajstić information content (AvgIpc) is 2.17. The second kappa shape index (κ2) is 5.09. The highest BCUT2D eigenvalue weighted by Gasteiger charge is 2.05. The molecule has 5 heteroatoms. The molecule has 0 radical (unpaired) electrons. The first-order chi connectivity index (χ1) is 7.11. The van der Waals surface area contributed by atoms with Gasteiger partial charge in [0.25, 0.3) is 0 Å². The van der Waals surface area contributed by atoms with E-state index in [1.165, 1.54) is 18.2 Å². The lowest BCUT2D eigenvalue weighted by molar-refractivity contribution is -0.111. The summed E-state index contributed by atoms with van der Waals surface area (Å²) in [7, 11) is 0. The lowest BCUT2D eigenvalue weighted by Gasteiger charge is -2.06. The van der Waals surface area contributed by atoms with Gasteiger partial charge >= 0.3 is 6.61 Å². The van der Waals surface area contributed by atoms with Gasteiger partial charge in [0.05, 0.1) is 0 Å². The zero-order valence-corrected chi connectivity index (χ0v) is 7.74. The Bertz CT molecular complexity index is 366. The molecule has 0 fully saturated rings. The molecule has 1 rings (SSSR count). The molecule has 1 aromatic rings. The molecule has 0 spiro atoms. The van der Waals surface area contributed by atoms with Crippen molar-refractivity contribution in [3.63, 3.8) is 0 Å². The smallest absolute Gasteiger partial charge is 0.387 e. The highest BCUT2D eigenvalue weighted by molar-refractivity contribution is 5.98. The second-order valence-electron chi connectivity index (χ2n) is 2.60. The Kier molecular flexibility index (Phi) is 3.79. The van der Waals surface area contributed by atoms with Crippen LogP contribution < -0.4 is 10.1 Å². The summed E-state index contributed by atoms with van der Waals surface area (Å²) in [5.41, 5.74) is 0.373. The van der Waals surface area contributed by atoms with Gasteiger partial charge in [0.2, 0.25) is 5.91 Å².